The number of hydrogen-bond donors (Lipinski definition) is 2. The van der Waals surface area contributed by atoms with Crippen LogP contribution in [0.1, 0.15) is 37.5 Å². The molecule has 1 atom stereocenters. The van der Waals surface area contributed by atoms with Crippen molar-refractivity contribution < 1.29 is 4.79 Å². The number of allylic oxidation sites excluding steroid dienone is 3. The maximum atomic E-state index is 12.7. The van der Waals surface area contributed by atoms with E-state index in [-0.39, 0.29) is 17.1 Å². The van der Waals surface area contributed by atoms with E-state index in [4.69, 9.17) is 0 Å². The molecule has 1 N–H and O–H groups in total. The lowest BCUT2D eigenvalue weighted by molar-refractivity contribution is -0.118. The van der Waals surface area contributed by atoms with Crippen molar-refractivity contribution in [2.75, 3.05) is 0 Å². The molecule has 3 nitrogen and oxygen atoms in total. The molecule has 1 aromatic rings. The first-order valence-electron chi connectivity index (χ1n) is 6.83. The van der Waals surface area contributed by atoms with Crippen LogP contribution in [-0.4, -0.2) is 5.78 Å². The van der Waals surface area contributed by atoms with Crippen molar-refractivity contribution in [2.45, 2.75) is 32.6 Å². The van der Waals surface area contributed by atoms with Crippen LogP contribution in [0.4, 0.5) is 0 Å². The molecule has 1 aliphatic heterocycles. The van der Waals surface area contributed by atoms with E-state index in [1.54, 1.807) is 11.3 Å². The number of nitrogens with zero attached hydrogens (tertiary/aromatic N) is 1. The standard InChI is InChI=1S/C16H16N2OS2/c1-16(2)6-10-14(11(19)7-16)13(12-4-3-5-21-12)9(8-17)15(20)18-10/h3-5,13,18,20H,6-7H2,1-2H3/t13-/m0/s1. The second-order valence-electron chi connectivity index (χ2n) is 6.28. The Labute approximate surface area is 133 Å². The van der Waals surface area contributed by atoms with Crippen LogP contribution >= 0.6 is 24.0 Å². The maximum Gasteiger partial charge on any atom is 0.162 e. The van der Waals surface area contributed by atoms with Crippen molar-refractivity contribution in [3.63, 3.8) is 0 Å². The molecule has 0 saturated heterocycles. The Bertz CT molecular complexity index is 705. The fourth-order valence-corrected chi connectivity index (χ4v) is 4.29. The summed E-state index contributed by atoms with van der Waals surface area (Å²) in [6.07, 6.45) is 1.33. The molecule has 0 spiro atoms. The summed E-state index contributed by atoms with van der Waals surface area (Å²) in [7, 11) is 0. The van der Waals surface area contributed by atoms with E-state index in [2.05, 4.69) is 37.9 Å². The second kappa shape index (κ2) is 5.04. The summed E-state index contributed by atoms with van der Waals surface area (Å²) in [5.74, 6) is -0.122. The Morgan fingerprint density at radius 1 is 1.48 bits per heavy atom. The zero-order valence-electron chi connectivity index (χ0n) is 11.9. The van der Waals surface area contributed by atoms with E-state index in [1.165, 1.54) is 0 Å². The third-order valence-corrected chi connectivity index (χ3v) is 5.26. The Hall–Kier alpha value is -1.51. The summed E-state index contributed by atoms with van der Waals surface area (Å²) in [6, 6.07) is 6.16. The summed E-state index contributed by atoms with van der Waals surface area (Å²) >= 11 is 6.01. The molecular formula is C16H16N2OS2. The van der Waals surface area contributed by atoms with E-state index in [9.17, 15) is 10.1 Å². The van der Waals surface area contributed by atoms with Crippen molar-refractivity contribution >= 4 is 29.7 Å². The maximum absolute atomic E-state index is 12.7. The molecule has 1 aliphatic carbocycles. The van der Waals surface area contributed by atoms with E-state index in [1.807, 2.05) is 17.5 Å². The number of ketones is 1. The number of nitriles is 1. The predicted octanol–water partition coefficient (Wildman–Crippen LogP) is 3.74. The minimum Gasteiger partial charge on any atom is -0.353 e. The lowest BCUT2D eigenvalue weighted by Crippen LogP contribution is -2.36. The number of nitrogens with one attached hydrogen (secondary N) is 1. The monoisotopic (exact) mass is 316 g/mol. The molecule has 0 unspecified atom stereocenters. The van der Waals surface area contributed by atoms with Crippen LogP contribution < -0.4 is 5.32 Å². The van der Waals surface area contributed by atoms with Gasteiger partial charge in [0.25, 0.3) is 0 Å². The van der Waals surface area contributed by atoms with Crippen LogP contribution in [0.2, 0.25) is 0 Å². The molecule has 0 bridgehead atoms. The highest BCUT2D eigenvalue weighted by molar-refractivity contribution is 7.84. The van der Waals surface area contributed by atoms with Gasteiger partial charge >= 0.3 is 0 Å². The van der Waals surface area contributed by atoms with Gasteiger partial charge in [0.15, 0.2) is 5.78 Å². The second-order valence-corrected chi connectivity index (χ2v) is 7.71. The third-order valence-electron chi connectivity index (χ3n) is 3.97. The normalized spacial score (nSPS) is 24.5. The van der Waals surface area contributed by atoms with Gasteiger partial charge in [-0.2, -0.15) is 5.26 Å². The first kappa shape index (κ1) is 14.4. The summed E-state index contributed by atoms with van der Waals surface area (Å²) in [4.78, 5) is 13.7. The lowest BCUT2D eigenvalue weighted by Gasteiger charge is -2.38. The van der Waals surface area contributed by atoms with E-state index >= 15 is 0 Å². The topological polar surface area (TPSA) is 52.9 Å². The minimum absolute atomic E-state index is 0.0544. The predicted molar refractivity (Wildman–Crippen MR) is 86.9 cm³/mol. The van der Waals surface area contributed by atoms with Crippen LogP contribution in [0.5, 0.6) is 0 Å². The summed E-state index contributed by atoms with van der Waals surface area (Å²) in [5, 5.41) is 15.2. The smallest absolute Gasteiger partial charge is 0.162 e. The largest absolute Gasteiger partial charge is 0.353 e. The fraction of sp³-hybridized carbons (Fsp3) is 0.375. The van der Waals surface area contributed by atoms with Gasteiger partial charge in [-0.25, -0.2) is 0 Å². The van der Waals surface area contributed by atoms with E-state index in [0.717, 1.165) is 22.6 Å². The number of thiophene rings is 1. The summed E-state index contributed by atoms with van der Waals surface area (Å²) in [5.41, 5.74) is 2.17. The van der Waals surface area contributed by atoms with Crippen molar-refractivity contribution in [3.8, 4) is 6.07 Å². The molecule has 21 heavy (non-hydrogen) atoms. The average Bonchev–Trinajstić information content (AvgIpc) is 2.88. The molecular weight excluding hydrogens is 300 g/mol. The van der Waals surface area contributed by atoms with Gasteiger partial charge < -0.3 is 5.32 Å². The molecule has 0 amide bonds. The van der Waals surface area contributed by atoms with Gasteiger partial charge in [-0.3, -0.25) is 4.79 Å². The molecule has 0 radical (unpaired) electrons. The van der Waals surface area contributed by atoms with Gasteiger partial charge in [-0.1, -0.05) is 19.9 Å². The van der Waals surface area contributed by atoms with E-state index < -0.39 is 0 Å². The molecule has 1 aromatic heterocycles. The molecule has 2 heterocycles. The number of carbonyl (C=O) groups excluding carboxylic acids is 1. The Morgan fingerprint density at radius 3 is 2.86 bits per heavy atom. The SMILES string of the molecule is CC1(C)CC(=O)C2=C(C1)NC(S)=C(C#N)[C@H]2c1cccs1. The molecule has 0 fully saturated rings. The number of hydrogen-bond acceptors (Lipinski definition) is 5. The lowest BCUT2D eigenvalue weighted by atomic mass is 9.70. The molecule has 5 heteroatoms. The van der Waals surface area contributed by atoms with Crippen molar-refractivity contribution in [1.82, 2.24) is 5.32 Å². The molecule has 0 saturated carbocycles. The zero-order valence-corrected chi connectivity index (χ0v) is 13.6. The number of Topliss-reactive ketones (excluding diaryl/α,β-unsaturated/α-hetero) is 1. The van der Waals surface area contributed by atoms with Gasteiger partial charge in [-0.05, 0) is 23.3 Å². The van der Waals surface area contributed by atoms with Crippen molar-refractivity contribution in [3.05, 3.63) is 44.3 Å². The molecule has 2 aliphatic rings. The molecule has 3 rings (SSSR count). The van der Waals surface area contributed by atoms with Gasteiger partial charge in [0.05, 0.1) is 22.6 Å². The highest BCUT2D eigenvalue weighted by atomic mass is 32.1. The van der Waals surface area contributed by atoms with Crippen LogP contribution in [0, 0.1) is 16.7 Å². The third kappa shape index (κ3) is 2.43. The molecule has 108 valence electrons. The highest BCUT2D eigenvalue weighted by Crippen LogP contribution is 2.47. The minimum atomic E-state index is -0.262. The number of dihydropyridines is 1. The fourth-order valence-electron chi connectivity index (χ4n) is 3.13. The van der Waals surface area contributed by atoms with Crippen molar-refractivity contribution in [2.24, 2.45) is 5.41 Å². The van der Waals surface area contributed by atoms with Crippen molar-refractivity contribution in [1.29, 1.82) is 5.26 Å². The van der Waals surface area contributed by atoms with Gasteiger partial charge in [0.2, 0.25) is 0 Å². The quantitative estimate of drug-likeness (QED) is 0.776. The van der Waals surface area contributed by atoms with E-state index in [0.29, 0.717) is 17.0 Å². The Balaban J connectivity index is 2.17. The van der Waals surface area contributed by atoms with Gasteiger partial charge in [-0.15, -0.1) is 24.0 Å². The Morgan fingerprint density at radius 2 is 2.24 bits per heavy atom. The van der Waals surface area contributed by atoms with Crippen LogP contribution in [-0.2, 0) is 4.79 Å². The zero-order chi connectivity index (χ0) is 15.2. The van der Waals surface area contributed by atoms with Crippen LogP contribution in [0.15, 0.2) is 39.4 Å². The number of carbonyl (C=O) groups is 1. The highest BCUT2D eigenvalue weighted by Gasteiger charge is 2.41. The first-order chi connectivity index (χ1) is 9.93. The first-order valence-corrected chi connectivity index (χ1v) is 8.15. The number of rotatable bonds is 1. The average molecular weight is 316 g/mol. The molecule has 0 aromatic carbocycles. The van der Waals surface area contributed by atoms with Gasteiger partial charge in [0, 0.05) is 22.6 Å². The summed E-state index contributed by atoms with van der Waals surface area (Å²) < 4.78 is 0. The van der Waals surface area contributed by atoms with Gasteiger partial charge in [0.1, 0.15) is 0 Å². The Kier molecular flexibility index (Phi) is 3.46. The summed E-state index contributed by atoms with van der Waals surface area (Å²) in [6.45, 7) is 4.19. The van der Waals surface area contributed by atoms with Crippen LogP contribution in [0.25, 0.3) is 0 Å². The number of thiol groups is 1. The van der Waals surface area contributed by atoms with Crippen LogP contribution in [0.3, 0.4) is 0 Å².